The number of aromatic nitrogens is 1. The molecule has 1 saturated heterocycles. The first-order valence-corrected chi connectivity index (χ1v) is 6.48. The predicted molar refractivity (Wildman–Crippen MR) is 66.5 cm³/mol. The summed E-state index contributed by atoms with van der Waals surface area (Å²) >= 11 is 2.03. The van der Waals surface area contributed by atoms with Gasteiger partial charge in [0, 0.05) is 37.3 Å². The van der Waals surface area contributed by atoms with Crippen molar-refractivity contribution in [3.05, 3.63) is 23.9 Å². The van der Waals surface area contributed by atoms with Crippen molar-refractivity contribution in [2.24, 2.45) is 0 Å². The molecule has 2 heterocycles. The summed E-state index contributed by atoms with van der Waals surface area (Å²) < 4.78 is 0. The van der Waals surface area contributed by atoms with Gasteiger partial charge in [-0.25, -0.2) is 4.98 Å². The lowest BCUT2D eigenvalue weighted by atomic mass is 10.3. The SMILES string of the molecule is CNCc1ccc(N2CCSCC2)nc1. The molecule has 0 radical (unpaired) electrons. The Hall–Kier alpha value is -0.740. The molecular weight excluding hydrogens is 206 g/mol. The lowest BCUT2D eigenvalue weighted by Crippen LogP contribution is -2.33. The van der Waals surface area contributed by atoms with Gasteiger partial charge in [-0.2, -0.15) is 11.8 Å². The molecule has 0 unspecified atom stereocenters. The molecule has 15 heavy (non-hydrogen) atoms. The second-order valence-electron chi connectivity index (χ2n) is 3.65. The number of nitrogens with zero attached hydrogens (tertiary/aromatic N) is 2. The predicted octanol–water partition coefficient (Wildman–Crippen LogP) is 1.35. The first-order valence-electron chi connectivity index (χ1n) is 5.32. The standard InChI is InChI=1S/C11H17N3S/c1-12-8-10-2-3-11(13-9-10)14-4-6-15-7-5-14/h2-3,9,12H,4-8H2,1H3. The quantitative estimate of drug-likeness (QED) is 0.837. The van der Waals surface area contributed by atoms with Crippen LogP contribution in [0.2, 0.25) is 0 Å². The lowest BCUT2D eigenvalue weighted by Gasteiger charge is -2.27. The van der Waals surface area contributed by atoms with Crippen LogP contribution in [0.5, 0.6) is 0 Å². The Labute approximate surface area is 95.3 Å². The zero-order valence-corrected chi connectivity index (χ0v) is 9.89. The number of thioether (sulfide) groups is 1. The highest BCUT2D eigenvalue weighted by molar-refractivity contribution is 7.99. The van der Waals surface area contributed by atoms with E-state index in [2.05, 4.69) is 27.3 Å². The molecule has 1 N–H and O–H groups in total. The summed E-state index contributed by atoms with van der Waals surface area (Å²) in [6.07, 6.45) is 1.97. The van der Waals surface area contributed by atoms with E-state index in [4.69, 9.17) is 0 Å². The van der Waals surface area contributed by atoms with Crippen LogP contribution in [0.15, 0.2) is 18.3 Å². The molecule has 2 rings (SSSR count). The van der Waals surface area contributed by atoms with Gasteiger partial charge < -0.3 is 10.2 Å². The summed E-state index contributed by atoms with van der Waals surface area (Å²) in [7, 11) is 1.95. The second-order valence-corrected chi connectivity index (χ2v) is 4.88. The van der Waals surface area contributed by atoms with Crippen molar-refractivity contribution in [1.82, 2.24) is 10.3 Å². The number of rotatable bonds is 3. The van der Waals surface area contributed by atoms with Crippen molar-refractivity contribution in [3.63, 3.8) is 0 Å². The molecule has 0 aromatic carbocycles. The Kier molecular flexibility index (Phi) is 3.86. The van der Waals surface area contributed by atoms with Gasteiger partial charge in [-0.05, 0) is 18.7 Å². The van der Waals surface area contributed by atoms with Crippen LogP contribution in [0.4, 0.5) is 5.82 Å². The molecule has 0 spiro atoms. The molecule has 4 heteroatoms. The Balaban J connectivity index is 2.02. The molecule has 0 amide bonds. The highest BCUT2D eigenvalue weighted by Crippen LogP contribution is 2.16. The van der Waals surface area contributed by atoms with Crippen LogP contribution in [-0.4, -0.2) is 36.6 Å². The smallest absolute Gasteiger partial charge is 0.128 e. The van der Waals surface area contributed by atoms with E-state index >= 15 is 0 Å². The van der Waals surface area contributed by atoms with E-state index in [-0.39, 0.29) is 0 Å². The molecule has 1 fully saturated rings. The van der Waals surface area contributed by atoms with Gasteiger partial charge in [0.05, 0.1) is 0 Å². The Morgan fingerprint density at radius 3 is 2.80 bits per heavy atom. The summed E-state index contributed by atoms with van der Waals surface area (Å²) in [5.74, 6) is 3.56. The van der Waals surface area contributed by atoms with E-state index < -0.39 is 0 Å². The number of hydrogen-bond donors (Lipinski definition) is 1. The molecular formula is C11H17N3S. The largest absolute Gasteiger partial charge is 0.355 e. The van der Waals surface area contributed by atoms with E-state index in [1.54, 1.807) is 0 Å². The maximum absolute atomic E-state index is 4.50. The Morgan fingerprint density at radius 2 is 2.20 bits per heavy atom. The minimum atomic E-state index is 0.892. The zero-order chi connectivity index (χ0) is 10.5. The van der Waals surface area contributed by atoms with Crippen LogP contribution in [0.3, 0.4) is 0 Å². The fourth-order valence-electron chi connectivity index (χ4n) is 1.70. The van der Waals surface area contributed by atoms with Crippen molar-refractivity contribution >= 4 is 17.6 Å². The fourth-order valence-corrected chi connectivity index (χ4v) is 2.61. The van der Waals surface area contributed by atoms with Gasteiger partial charge >= 0.3 is 0 Å². The fraction of sp³-hybridized carbons (Fsp3) is 0.545. The summed E-state index contributed by atoms with van der Waals surface area (Å²) in [5.41, 5.74) is 1.24. The third-order valence-electron chi connectivity index (χ3n) is 2.53. The normalized spacial score (nSPS) is 16.7. The van der Waals surface area contributed by atoms with E-state index in [9.17, 15) is 0 Å². The van der Waals surface area contributed by atoms with E-state index in [0.717, 1.165) is 25.5 Å². The first kappa shape index (κ1) is 10.8. The zero-order valence-electron chi connectivity index (χ0n) is 9.07. The van der Waals surface area contributed by atoms with E-state index in [1.165, 1.54) is 17.1 Å². The maximum Gasteiger partial charge on any atom is 0.128 e. The topological polar surface area (TPSA) is 28.2 Å². The third kappa shape index (κ3) is 2.86. The van der Waals surface area contributed by atoms with Crippen molar-refractivity contribution < 1.29 is 0 Å². The minimum Gasteiger partial charge on any atom is -0.355 e. The minimum absolute atomic E-state index is 0.892. The van der Waals surface area contributed by atoms with Gasteiger partial charge in [0.15, 0.2) is 0 Å². The number of anilines is 1. The average molecular weight is 223 g/mol. The highest BCUT2D eigenvalue weighted by Gasteiger charge is 2.11. The van der Waals surface area contributed by atoms with Gasteiger partial charge in [-0.3, -0.25) is 0 Å². The third-order valence-corrected chi connectivity index (χ3v) is 3.47. The molecule has 1 aliphatic heterocycles. The molecule has 82 valence electrons. The van der Waals surface area contributed by atoms with E-state index in [0.29, 0.717) is 0 Å². The van der Waals surface area contributed by atoms with Gasteiger partial charge in [0.1, 0.15) is 5.82 Å². The molecule has 0 aliphatic carbocycles. The molecule has 1 aromatic rings. The van der Waals surface area contributed by atoms with Gasteiger partial charge in [-0.1, -0.05) is 6.07 Å². The summed E-state index contributed by atoms with van der Waals surface area (Å²) in [6, 6.07) is 4.28. The number of hydrogen-bond acceptors (Lipinski definition) is 4. The first-order chi connectivity index (χ1) is 7.40. The van der Waals surface area contributed by atoms with Crippen LogP contribution in [0.25, 0.3) is 0 Å². The number of nitrogens with one attached hydrogen (secondary N) is 1. The van der Waals surface area contributed by atoms with Crippen LogP contribution in [0, 0.1) is 0 Å². The molecule has 0 bridgehead atoms. The average Bonchev–Trinajstić information content (AvgIpc) is 2.32. The van der Waals surface area contributed by atoms with Crippen LogP contribution >= 0.6 is 11.8 Å². The monoisotopic (exact) mass is 223 g/mol. The molecule has 3 nitrogen and oxygen atoms in total. The molecule has 1 aliphatic rings. The van der Waals surface area contributed by atoms with Crippen molar-refractivity contribution in [1.29, 1.82) is 0 Å². The number of pyridine rings is 1. The Morgan fingerprint density at radius 1 is 1.40 bits per heavy atom. The van der Waals surface area contributed by atoms with Crippen molar-refractivity contribution in [2.75, 3.05) is 36.5 Å². The van der Waals surface area contributed by atoms with Crippen LogP contribution < -0.4 is 10.2 Å². The highest BCUT2D eigenvalue weighted by atomic mass is 32.2. The van der Waals surface area contributed by atoms with Crippen LogP contribution in [0.1, 0.15) is 5.56 Å². The van der Waals surface area contributed by atoms with Crippen molar-refractivity contribution in [3.8, 4) is 0 Å². The molecule has 0 atom stereocenters. The second kappa shape index (κ2) is 5.37. The van der Waals surface area contributed by atoms with E-state index in [1.807, 2.05) is 25.0 Å². The molecule has 1 aromatic heterocycles. The molecule has 0 saturated carbocycles. The van der Waals surface area contributed by atoms with Gasteiger partial charge in [-0.15, -0.1) is 0 Å². The maximum atomic E-state index is 4.50. The van der Waals surface area contributed by atoms with Gasteiger partial charge in [0.25, 0.3) is 0 Å². The van der Waals surface area contributed by atoms with Crippen molar-refractivity contribution in [2.45, 2.75) is 6.54 Å². The summed E-state index contributed by atoms with van der Waals surface area (Å²) in [5, 5.41) is 3.13. The lowest BCUT2D eigenvalue weighted by molar-refractivity contribution is 0.804. The van der Waals surface area contributed by atoms with Gasteiger partial charge in [0.2, 0.25) is 0 Å². The summed E-state index contributed by atoms with van der Waals surface area (Å²) in [4.78, 5) is 6.86. The van der Waals surface area contributed by atoms with Crippen LogP contribution in [-0.2, 0) is 6.54 Å². The summed E-state index contributed by atoms with van der Waals surface area (Å²) in [6.45, 7) is 3.15. The Bertz CT molecular complexity index is 293.